The summed E-state index contributed by atoms with van der Waals surface area (Å²) >= 11 is 0. The molecule has 184 valence electrons. The Kier molecular flexibility index (Phi) is 7.04. The van der Waals surface area contributed by atoms with Gasteiger partial charge in [-0.05, 0) is 70.0 Å². The molecule has 0 saturated carbocycles. The quantitative estimate of drug-likeness (QED) is 0.532. The number of hydrogen-bond acceptors (Lipinski definition) is 5. The van der Waals surface area contributed by atoms with E-state index < -0.39 is 0 Å². The number of rotatable bonds is 6. The van der Waals surface area contributed by atoms with Crippen molar-refractivity contribution < 1.29 is 18.7 Å². The summed E-state index contributed by atoms with van der Waals surface area (Å²) in [5.41, 5.74) is 1.41. The van der Waals surface area contributed by atoms with Crippen LogP contribution in [0, 0.1) is 0 Å². The standard InChI is InChI=1S/C28H33N3O4/c1-2-34-23-12-6-5-11-22(23)27(32)29-25-21-10-4-7-13-24(21)35-26(25)28(33)31-18-14-20(15-19-31)30-16-8-3-9-17-30/h4-7,10-13,20H,2-3,8-9,14-19H2,1H3,(H,29,32). The molecule has 0 spiro atoms. The number of benzene rings is 2. The number of para-hydroxylation sites is 2. The molecule has 2 fully saturated rings. The van der Waals surface area contributed by atoms with E-state index in [4.69, 9.17) is 9.15 Å². The second-order valence-electron chi connectivity index (χ2n) is 9.31. The number of piperidine rings is 2. The Morgan fingerprint density at radius 3 is 2.46 bits per heavy atom. The molecule has 7 nitrogen and oxygen atoms in total. The van der Waals surface area contributed by atoms with E-state index in [1.54, 1.807) is 18.2 Å². The van der Waals surface area contributed by atoms with Crippen LogP contribution in [0.3, 0.4) is 0 Å². The molecule has 0 bridgehead atoms. The van der Waals surface area contributed by atoms with Crippen molar-refractivity contribution in [2.45, 2.75) is 45.1 Å². The van der Waals surface area contributed by atoms with Crippen molar-refractivity contribution in [1.82, 2.24) is 9.80 Å². The van der Waals surface area contributed by atoms with Gasteiger partial charge in [-0.3, -0.25) is 9.59 Å². The maximum Gasteiger partial charge on any atom is 0.291 e. The Hall–Kier alpha value is -3.32. The lowest BCUT2D eigenvalue weighted by Crippen LogP contribution is -2.48. The average molecular weight is 476 g/mol. The van der Waals surface area contributed by atoms with E-state index in [1.807, 2.05) is 42.2 Å². The number of amides is 2. The Bertz CT molecular complexity index is 1190. The van der Waals surface area contributed by atoms with Crippen LogP contribution in [0.25, 0.3) is 11.0 Å². The fourth-order valence-electron chi connectivity index (χ4n) is 5.30. The maximum absolute atomic E-state index is 13.6. The normalized spacial score (nSPS) is 17.5. The van der Waals surface area contributed by atoms with Gasteiger partial charge in [0.05, 0.1) is 12.2 Å². The maximum atomic E-state index is 13.6. The Labute approximate surface area is 206 Å². The molecular weight excluding hydrogens is 442 g/mol. The predicted molar refractivity (Wildman–Crippen MR) is 136 cm³/mol. The molecule has 2 aromatic carbocycles. The fourth-order valence-corrected chi connectivity index (χ4v) is 5.30. The number of hydrogen-bond donors (Lipinski definition) is 1. The molecule has 3 heterocycles. The monoisotopic (exact) mass is 475 g/mol. The number of likely N-dealkylation sites (tertiary alicyclic amines) is 2. The van der Waals surface area contributed by atoms with Gasteiger partial charge >= 0.3 is 0 Å². The first kappa shape index (κ1) is 23.4. The molecule has 0 unspecified atom stereocenters. The molecule has 2 amide bonds. The van der Waals surface area contributed by atoms with E-state index in [2.05, 4.69) is 10.2 Å². The topological polar surface area (TPSA) is 75.0 Å². The number of nitrogens with one attached hydrogen (secondary N) is 1. The zero-order valence-electron chi connectivity index (χ0n) is 20.3. The highest BCUT2D eigenvalue weighted by Gasteiger charge is 2.32. The van der Waals surface area contributed by atoms with E-state index in [9.17, 15) is 9.59 Å². The van der Waals surface area contributed by atoms with Crippen molar-refractivity contribution in [3.63, 3.8) is 0 Å². The Morgan fingerprint density at radius 2 is 1.69 bits per heavy atom. The van der Waals surface area contributed by atoms with Crippen LogP contribution in [0.5, 0.6) is 5.75 Å². The van der Waals surface area contributed by atoms with Crippen LogP contribution in [0.4, 0.5) is 5.69 Å². The summed E-state index contributed by atoms with van der Waals surface area (Å²) in [6, 6.07) is 15.1. The van der Waals surface area contributed by atoms with Crippen molar-refractivity contribution in [3.8, 4) is 5.75 Å². The molecule has 1 N–H and O–H groups in total. The average Bonchev–Trinajstić information content (AvgIpc) is 3.27. The third-order valence-electron chi connectivity index (χ3n) is 7.12. The van der Waals surface area contributed by atoms with E-state index in [0.29, 0.717) is 53.7 Å². The largest absolute Gasteiger partial charge is 0.493 e. The lowest BCUT2D eigenvalue weighted by Gasteiger charge is -2.40. The fraction of sp³-hybridized carbons (Fsp3) is 0.429. The second-order valence-corrected chi connectivity index (χ2v) is 9.31. The summed E-state index contributed by atoms with van der Waals surface area (Å²) in [5.74, 6) is 0.183. The molecular formula is C28H33N3O4. The van der Waals surface area contributed by atoms with Crippen LogP contribution in [0.15, 0.2) is 52.9 Å². The molecule has 0 aliphatic carbocycles. The highest BCUT2D eigenvalue weighted by molar-refractivity contribution is 6.15. The summed E-state index contributed by atoms with van der Waals surface area (Å²) in [4.78, 5) is 31.3. The van der Waals surface area contributed by atoms with Crippen molar-refractivity contribution >= 4 is 28.5 Å². The Morgan fingerprint density at radius 1 is 0.971 bits per heavy atom. The van der Waals surface area contributed by atoms with Crippen LogP contribution in [0.2, 0.25) is 0 Å². The number of carbonyl (C=O) groups excluding carboxylic acids is 2. The number of furan rings is 1. The van der Waals surface area contributed by atoms with Crippen LogP contribution in [-0.4, -0.2) is 60.4 Å². The number of nitrogens with zero attached hydrogens (tertiary/aromatic N) is 2. The first-order valence-electron chi connectivity index (χ1n) is 12.7. The molecule has 7 heteroatoms. The van der Waals surface area contributed by atoms with Gasteiger partial charge in [0, 0.05) is 24.5 Å². The third kappa shape index (κ3) is 4.91. The highest BCUT2D eigenvalue weighted by Crippen LogP contribution is 2.34. The van der Waals surface area contributed by atoms with E-state index in [0.717, 1.165) is 12.8 Å². The molecule has 1 aromatic heterocycles. The lowest BCUT2D eigenvalue weighted by molar-refractivity contribution is 0.0565. The van der Waals surface area contributed by atoms with E-state index in [-0.39, 0.29) is 17.6 Å². The molecule has 2 saturated heterocycles. The minimum atomic E-state index is -0.335. The van der Waals surface area contributed by atoms with Crippen LogP contribution in [-0.2, 0) is 0 Å². The van der Waals surface area contributed by atoms with Crippen molar-refractivity contribution in [3.05, 3.63) is 59.9 Å². The van der Waals surface area contributed by atoms with Gasteiger partial charge in [-0.15, -0.1) is 0 Å². The van der Waals surface area contributed by atoms with E-state index >= 15 is 0 Å². The van der Waals surface area contributed by atoms with Gasteiger partial charge in [0.2, 0.25) is 5.76 Å². The van der Waals surface area contributed by atoms with Gasteiger partial charge in [0.15, 0.2) is 0 Å². The summed E-state index contributed by atoms with van der Waals surface area (Å²) in [6.45, 7) is 6.05. The van der Waals surface area contributed by atoms with Gasteiger partial charge in [0.25, 0.3) is 11.8 Å². The van der Waals surface area contributed by atoms with Crippen molar-refractivity contribution in [2.75, 3.05) is 38.1 Å². The SMILES string of the molecule is CCOc1ccccc1C(=O)Nc1c(C(=O)N2CCC(N3CCCCC3)CC2)oc2ccccc12. The van der Waals surface area contributed by atoms with Gasteiger partial charge in [-0.25, -0.2) is 0 Å². The van der Waals surface area contributed by atoms with Crippen LogP contribution in [0.1, 0.15) is 59.9 Å². The van der Waals surface area contributed by atoms with Crippen molar-refractivity contribution in [1.29, 1.82) is 0 Å². The molecule has 3 aromatic rings. The second kappa shape index (κ2) is 10.5. The van der Waals surface area contributed by atoms with Crippen LogP contribution >= 0.6 is 0 Å². The first-order chi connectivity index (χ1) is 17.2. The summed E-state index contributed by atoms with van der Waals surface area (Å²) < 4.78 is 11.7. The first-order valence-corrected chi connectivity index (χ1v) is 12.7. The summed E-state index contributed by atoms with van der Waals surface area (Å²) in [5, 5.41) is 3.67. The molecule has 5 rings (SSSR count). The smallest absolute Gasteiger partial charge is 0.291 e. The summed E-state index contributed by atoms with van der Waals surface area (Å²) in [7, 11) is 0. The number of ether oxygens (including phenoxy) is 1. The molecule has 0 radical (unpaired) electrons. The minimum absolute atomic E-state index is 0.174. The number of fused-ring (bicyclic) bond motifs is 1. The highest BCUT2D eigenvalue weighted by atomic mass is 16.5. The Balaban J connectivity index is 1.37. The lowest BCUT2D eigenvalue weighted by atomic mass is 9.99. The zero-order chi connectivity index (χ0) is 24.2. The third-order valence-corrected chi connectivity index (χ3v) is 7.12. The van der Waals surface area contributed by atoms with Crippen molar-refractivity contribution in [2.24, 2.45) is 0 Å². The summed E-state index contributed by atoms with van der Waals surface area (Å²) in [6.07, 6.45) is 5.80. The van der Waals surface area contributed by atoms with E-state index in [1.165, 1.54) is 32.4 Å². The minimum Gasteiger partial charge on any atom is -0.493 e. The molecule has 2 aliphatic rings. The van der Waals surface area contributed by atoms with Crippen LogP contribution < -0.4 is 10.1 Å². The number of carbonyl (C=O) groups is 2. The molecule has 2 aliphatic heterocycles. The van der Waals surface area contributed by atoms with Gasteiger partial charge < -0.3 is 24.3 Å². The van der Waals surface area contributed by atoms with Gasteiger partial charge in [-0.1, -0.05) is 30.7 Å². The van der Waals surface area contributed by atoms with Gasteiger partial charge in [0.1, 0.15) is 17.0 Å². The molecule has 35 heavy (non-hydrogen) atoms. The number of anilines is 1. The van der Waals surface area contributed by atoms with Gasteiger partial charge in [-0.2, -0.15) is 0 Å². The molecule has 0 atom stereocenters. The predicted octanol–water partition coefficient (Wildman–Crippen LogP) is 5.17. The zero-order valence-corrected chi connectivity index (χ0v) is 20.3.